The van der Waals surface area contributed by atoms with E-state index in [2.05, 4.69) is 34.7 Å². The van der Waals surface area contributed by atoms with E-state index >= 15 is 0 Å². The van der Waals surface area contributed by atoms with Gasteiger partial charge in [0, 0.05) is 12.6 Å². The lowest BCUT2D eigenvalue weighted by Crippen LogP contribution is -2.51. The molecule has 86 valence electrons. The molecular weight excluding hydrogens is 254 g/mol. The van der Waals surface area contributed by atoms with E-state index in [1.54, 1.807) is 0 Å². The van der Waals surface area contributed by atoms with Crippen molar-refractivity contribution in [1.82, 2.24) is 4.90 Å². The van der Waals surface area contributed by atoms with Gasteiger partial charge in [0.15, 0.2) is 0 Å². The molecule has 1 aliphatic carbocycles. The Balaban J connectivity index is 2.12. The highest BCUT2D eigenvalue weighted by molar-refractivity contribution is 9.10. The minimum Gasteiger partial charge on any atom is -0.338 e. The van der Waals surface area contributed by atoms with Gasteiger partial charge in [-0.1, -0.05) is 36.2 Å². The van der Waals surface area contributed by atoms with Gasteiger partial charge in [-0.15, -0.1) is 0 Å². The smallest absolute Gasteiger partial charge is 0.236 e. The van der Waals surface area contributed by atoms with Gasteiger partial charge in [-0.25, -0.2) is 0 Å². The molecule has 0 radical (unpaired) electrons. The second kappa shape index (κ2) is 4.08. The van der Waals surface area contributed by atoms with Crippen LogP contribution in [0.5, 0.6) is 0 Å². The Kier molecular flexibility index (Phi) is 3.11. The molecule has 0 aromatic rings. The number of halogens is 1. The molecule has 1 aliphatic heterocycles. The summed E-state index contributed by atoms with van der Waals surface area (Å²) in [6.45, 7) is 5.57. The van der Waals surface area contributed by atoms with Gasteiger partial charge in [-0.05, 0) is 31.1 Å². The highest BCUT2D eigenvalue weighted by Crippen LogP contribution is 2.41. The predicted octanol–water partition coefficient (Wildman–Crippen LogP) is 2.95. The minimum atomic E-state index is 0.0719. The first-order valence-electron chi connectivity index (χ1n) is 5.97. The summed E-state index contributed by atoms with van der Waals surface area (Å²) in [5.74, 6) is 0.321. The van der Waals surface area contributed by atoms with Crippen molar-refractivity contribution < 1.29 is 4.79 Å². The fourth-order valence-electron chi connectivity index (χ4n) is 3.05. The van der Waals surface area contributed by atoms with E-state index < -0.39 is 0 Å². The van der Waals surface area contributed by atoms with Gasteiger partial charge in [0.2, 0.25) is 5.91 Å². The summed E-state index contributed by atoms with van der Waals surface area (Å²) in [5.41, 5.74) is 0.319. The Morgan fingerprint density at radius 1 is 1.33 bits per heavy atom. The summed E-state index contributed by atoms with van der Waals surface area (Å²) in [5, 5.41) is 0. The van der Waals surface area contributed by atoms with Crippen LogP contribution in [0.3, 0.4) is 0 Å². The first kappa shape index (κ1) is 11.4. The largest absolute Gasteiger partial charge is 0.338 e. The molecule has 0 aromatic carbocycles. The number of likely N-dealkylation sites (tertiary alicyclic amines) is 1. The fraction of sp³-hybridized carbons (Fsp3) is 0.917. The second-order valence-corrected chi connectivity index (χ2v) is 6.64. The Morgan fingerprint density at radius 3 is 2.67 bits per heavy atom. The van der Waals surface area contributed by atoms with Gasteiger partial charge in [-0.3, -0.25) is 4.79 Å². The number of hydrogen-bond acceptors (Lipinski definition) is 1. The zero-order chi connectivity index (χ0) is 11.1. The monoisotopic (exact) mass is 273 g/mol. The fourth-order valence-corrected chi connectivity index (χ4v) is 3.64. The number of nitrogens with zero attached hydrogens (tertiary/aromatic N) is 1. The molecule has 2 fully saturated rings. The minimum absolute atomic E-state index is 0.0719. The lowest BCUT2D eigenvalue weighted by Gasteiger charge is -2.41. The van der Waals surface area contributed by atoms with E-state index in [1.807, 2.05) is 0 Å². The Bertz CT molecular complexity index is 264. The van der Waals surface area contributed by atoms with E-state index in [0.717, 1.165) is 19.4 Å². The van der Waals surface area contributed by atoms with E-state index in [-0.39, 0.29) is 4.83 Å². The molecule has 3 heteroatoms. The first-order valence-corrected chi connectivity index (χ1v) is 6.88. The summed E-state index contributed by atoms with van der Waals surface area (Å²) < 4.78 is 0. The number of carbonyl (C=O) groups is 1. The van der Waals surface area contributed by atoms with Crippen LogP contribution in [-0.4, -0.2) is 28.2 Å². The molecular formula is C12H20BrNO. The maximum Gasteiger partial charge on any atom is 0.236 e. The molecule has 2 unspecified atom stereocenters. The van der Waals surface area contributed by atoms with Crippen LogP contribution in [0.25, 0.3) is 0 Å². The third-order valence-corrected chi connectivity index (χ3v) is 4.83. The van der Waals surface area contributed by atoms with Crippen LogP contribution in [0, 0.1) is 5.41 Å². The number of alkyl halides is 1. The maximum atomic E-state index is 12.1. The van der Waals surface area contributed by atoms with Crippen molar-refractivity contribution in [3.8, 4) is 0 Å². The highest BCUT2D eigenvalue weighted by Gasteiger charge is 2.42. The number of carbonyl (C=O) groups excluding carboxylic acids is 1. The number of piperidine rings is 1. The summed E-state index contributed by atoms with van der Waals surface area (Å²) in [6, 6.07) is 0.477. The molecule has 1 saturated carbocycles. The molecule has 0 N–H and O–H groups in total. The molecule has 1 amide bonds. The molecule has 1 heterocycles. The van der Waals surface area contributed by atoms with E-state index in [1.165, 1.54) is 19.3 Å². The van der Waals surface area contributed by atoms with Crippen LogP contribution < -0.4 is 0 Å². The zero-order valence-electron chi connectivity index (χ0n) is 9.63. The third kappa shape index (κ3) is 2.08. The lowest BCUT2D eigenvalue weighted by molar-refractivity contribution is -0.137. The van der Waals surface area contributed by atoms with Crippen LogP contribution in [-0.2, 0) is 4.79 Å². The summed E-state index contributed by atoms with van der Waals surface area (Å²) in [4.78, 5) is 14.3. The second-order valence-electron chi connectivity index (χ2n) is 5.54. The van der Waals surface area contributed by atoms with Crippen LogP contribution in [0.1, 0.15) is 46.0 Å². The van der Waals surface area contributed by atoms with E-state index in [0.29, 0.717) is 17.4 Å². The predicted molar refractivity (Wildman–Crippen MR) is 65.1 cm³/mol. The SMILES string of the molecule is CC1(C)CCCC1N1CCCC(Br)C1=O. The van der Waals surface area contributed by atoms with Crippen LogP contribution in [0.15, 0.2) is 0 Å². The lowest BCUT2D eigenvalue weighted by atomic mass is 9.85. The average Bonchev–Trinajstić information content (AvgIpc) is 2.50. The zero-order valence-corrected chi connectivity index (χ0v) is 11.2. The van der Waals surface area contributed by atoms with Crippen molar-refractivity contribution in [2.45, 2.75) is 56.8 Å². The Morgan fingerprint density at radius 2 is 2.07 bits per heavy atom. The molecule has 0 bridgehead atoms. The molecule has 1 saturated heterocycles. The van der Waals surface area contributed by atoms with Gasteiger partial charge in [0.1, 0.15) is 0 Å². The van der Waals surface area contributed by atoms with Crippen molar-refractivity contribution >= 4 is 21.8 Å². The maximum absolute atomic E-state index is 12.1. The van der Waals surface area contributed by atoms with Crippen molar-refractivity contribution in [3.05, 3.63) is 0 Å². The van der Waals surface area contributed by atoms with Crippen molar-refractivity contribution in [2.75, 3.05) is 6.54 Å². The van der Waals surface area contributed by atoms with Crippen LogP contribution >= 0.6 is 15.9 Å². The Hall–Kier alpha value is -0.0500. The summed E-state index contributed by atoms with van der Waals surface area (Å²) in [7, 11) is 0. The summed E-state index contributed by atoms with van der Waals surface area (Å²) >= 11 is 3.49. The third-order valence-electron chi connectivity index (χ3n) is 3.98. The number of amides is 1. The van der Waals surface area contributed by atoms with Gasteiger partial charge >= 0.3 is 0 Å². The standard InChI is InChI=1S/C12H20BrNO/c1-12(2)7-3-6-10(12)14-8-4-5-9(13)11(14)15/h9-10H,3-8H2,1-2H3. The molecule has 15 heavy (non-hydrogen) atoms. The highest BCUT2D eigenvalue weighted by atomic mass is 79.9. The topological polar surface area (TPSA) is 20.3 Å². The van der Waals surface area contributed by atoms with E-state index in [9.17, 15) is 4.79 Å². The molecule has 0 spiro atoms. The van der Waals surface area contributed by atoms with Crippen LogP contribution in [0.4, 0.5) is 0 Å². The average molecular weight is 274 g/mol. The summed E-state index contributed by atoms with van der Waals surface area (Å²) in [6.07, 6.45) is 5.87. The van der Waals surface area contributed by atoms with E-state index in [4.69, 9.17) is 0 Å². The number of hydrogen-bond donors (Lipinski definition) is 0. The van der Waals surface area contributed by atoms with Crippen LogP contribution in [0.2, 0.25) is 0 Å². The molecule has 2 nitrogen and oxygen atoms in total. The first-order chi connectivity index (χ1) is 7.02. The normalized spacial score (nSPS) is 35.9. The molecule has 0 aromatic heterocycles. The van der Waals surface area contributed by atoms with Crippen molar-refractivity contribution in [2.24, 2.45) is 5.41 Å². The van der Waals surface area contributed by atoms with Gasteiger partial charge in [-0.2, -0.15) is 0 Å². The van der Waals surface area contributed by atoms with Gasteiger partial charge in [0.05, 0.1) is 4.83 Å². The quantitative estimate of drug-likeness (QED) is 0.673. The van der Waals surface area contributed by atoms with Crippen molar-refractivity contribution in [1.29, 1.82) is 0 Å². The number of rotatable bonds is 1. The van der Waals surface area contributed by atoms with Gasteiger partial charge in [0.25, 0.3) is 0 Å². The molecule has 2 atom stereocenters. The van der Waals surface area contributed by atoms with Gasteiger partial charge < -0.3 is 4.90 Å². The molecule has 2 rings (SSSR count). The van der Waals surface area contributed by atoms with Crippen molar-refractivity contribution in [3.63, 3.8) is 0 Å². The molecule has 2 aliphatic rings. The Labute approximate surface area is 101 Å².